The number of aryl methyl sites for hydroxylation is 2. The molecule has 2 atom stereocenters. The Hall–Kier alpha value is -1.97. The van der Waals surface area contributed by atoms with Crippen LogP contribution in [0.5, 0.6) is 0 Å². The fourth-order valence-corrected chi connectivity index (χ4v) is 2.28. The molecule has 0 bridgehead atoms. The van der Waals surface area contributed by atoms with E-state index in [1.54, 1.807) is 6.20 Å². The van der Waals surface area contributed by atoms with Crippen molar-refractivity contribution in [2.75, 3.05) is 5.32 Å². The third kappa shape index (κ3) is 2.57. The molecule has 3 rings (SSSR count). The summed E-state index contributed by atoms with van der Waals surface area (Å²) >= 11 is 0. The van der Waals surface area contributed by atoms with Crippen molar-refractivity contribution in [3.8, 4) is 0 Å². The highest BCUT2D eigenvalue weighted by molar-refractivity contribution is 5.45. The van der Waals surface area contributed by atoms with Gasteiger partial charge >= 0.3 is 0 Å². The number of anilines is 1. The maximum Gasteiger partial charge on any atom is 0.147 e. The van der Waals surface area contributed by atoms with Crippen molar-refractivity contribution in [2.24, 2.45) is 0 Å². The highest BCUT2D eigenvalue weighted by Crippen LogP contribution is 2.42. The minimum Gasteiger partial charge on any atom is -0.365 e. The first-order valence-corrected chi connectivity index (χ1v) is 6.46. The number of benzene rings is 1. The molecule has 0 amide bonds. The summed E-state index contributed by atoms with van der Waals surface area (Å²) in [4.78, 5) is 8.76. The van der Waals surface area contributed by atoms with E-state index in [2.05, 4.69) is 15.3 Å². The molecule has 1 aliphatic carbocycles. The zero-order valence-corrected chi connectivity index (χ0v) is 11.0. The third-order valence-electron chi connectivity index (χ3n) is 3.49. The SMILES string of the molecule is Cc1cnc(C)c(N[C@@H]2C[C@H]2c2ccc(F)cc2)n1. The van der Waals surface area contributed by atoms with E-state index in [1.807, 2.05) is 26.0 Å². The van der Waals surface area contributed by atoms with E-state index < -0.39 is 0 Å². The topological polar surface area (TPSA) is 37.8 Å². The van der Waals surface area contributed by atoms with Crippen molar-refractivity contribution in [1.82, 2.24) is 9.97 Å². The Labute approximate surface area is 111 Å². The van der Waals surface area contributed by atoms with Gasteiger partial charge in [0.15, 0.2) is 0 Å². The Morgan fingerprint density at radius 3 is 2.68 bits per heavy atom. The number of hydrogen-bond donors (Lipinski definition) is 1. The molecule has 0 aliphatic heterocycles. The molecule has 2 aromatic rings. The quantitative estimate of drug-likeness (QED) is 0.917. The van der Waals surface area contributed by atoms with Crippen molar-refractivity contribution in [1.29, 1.82) is 0 Å². The molecule has 1 saturated carbocycles. The van der Waals surface area contributed by atoms with Gasteiger partial charge in [-0.1, -0.05) is 12.1 Å². The van der Waals surface area contributed by atoms with Crippen LogP contribution in [0.1, 0.15) is 29.3 Å². The molecule has 1 fully saturated rings. The minimum absolute atomic E-state index is 0.186. The summed E-state index contributed by atoms with van der Waals surface area (Å²) in [6.07, 6.45) is 2.82. The number of halogens is 1. The maximum atomic E-state index is 12.9. The zero-order valence-electron chi connectivity index (χ0n) is 11.0. The fourth-order valence-electron chi connectivity index (χ4n) is 2.28. The molecular weight excluding hydrogens is 241 g/mol. The van der Waals surface area contributed by atoms with E-state index in [9.17, 15) is 4.39 Å². The van der Waals surface area contributed by atoms with Crippen LogP contribution in [-0.4, -0.2) is 16.0 Å². The Bertz CT molecular complexity index is 595. The lowest BCUT2D eigenvalue weighted by Gasteiger charge is -2.08. The second-order valence-electron chi connectivity index (χ2n) is 5.09. The first-order chi connectivity index (χ1) is 9.13. The highest BCUT2D eigenvalue weighted by atomic mass is 19.1. The van der Waals surface area contributed by atoms with E-state index in [1.165, 1.54) is 17.7 Å². The van der Waals surface area contributed by atoms with E-state index in [0.717, 1.165) is 23.6 Å². The van der Waals surface area contributed by atoms with Gasteiger partial charge in [-0.25, -0.2) is 9.37 Å². The van der Waals surface area contributed by atoms with E-state index >= 15 is 0 Å². The zero-order chi connectivity index (χ0) is 13.4. The van der Waals surface area contributed by atoms with Crippen LogP contribution in [-0.2, 0) is 0 Å². The van der Waals surface area contributed by atoms with Crippen molar-refractivity contribution >= 4 is 5.82 Å². The average molecular weight is 257 g/mol. The lowest BCUT2D eigenvalue weighted by molar-refractivity contribution is 0.627. The van der Waals surface area contributed by atoms with Crippen LogP contribution < -0.4 is 5.32 Å². The van der Waals surface area contributed by atoms with Gasteiger partial charge in [0.1, 0.15) is 11.6 Å². The molecule has 0 spiro atoms. The van der Waals surface area contributed by atoms with Gasteiger partial charge in [0.05, 0.1) is 11.4 Å². The summed E-state index contributed by atoms with van der Waals surface area (Å²) in [5.74, 6) is 1.12. The van der Waals surface area contributed by atoms with Crippen molar-refractivity contribution in [3.05, 3.63) is 53.2 Å². The van der Waals surface area contributed by atoms with Gasteiger partial charge < -0.3 is 5.32 Å². The van der Waals surface area contributed by atoms with Crippen LogP contribution in [0.4, 0.5) is 10.2 Å². The van der Waals surface area contributed by atoms with Gasteiger partial charge in [-0.05, 0) is 38.0 Å². The Morgan fingerprint density at radius 2 is 1.95 bits per heavy atom. The number of nitrogens with one attached hydrogen (secondary N) is 1. The number of hydrogen-bond acceptors (Lipinski definition) is 3. The van der Waals surface area contributed by atoms with Gasteiger partial charge in [0.25, 0.3) is 0 Å². The molecule has 98 valence electrons. The van der Waals surface area contributed by atoms with Crippen LogP contribution in [0.2, 0.25) is 0 Å². The van der Waals surface area contributed by atoms with Gasteiger partial charge in [0, 0.05) is 18.2 Å². The highest BCUT2D eigenvalue weighted by Gasteiger charge is 2.38. The average Bonchev–Trinajstić information content (AvgIpc) is 3.14. The normalized spacial score (nSPS) is 21.2. The van der Waals surface area contributed by atoms with E-state index in [-0.39, 0.29) is 5.82 Å². The first kappa shape index (κ1) is 12.1. The van der Waals surface area contributed by atoms with Gasteiger partial charge in [0.2, 0.25) is 0 Å². The molecule has 4 heteroatoms. The summed E-state index contributed by atoms with van der Waals surface area (Å²) in [5, 5.41) is 3.42. The molecule has 1 aliphatic rings. The summed E-state index contributed by atoms with van der Waals surface area (Å²) < 4.78 is 12.9. The van der Waals surface area contributed by atoms with Crippen molar-refractivity contribution in [3.63, 3.8) is 0 Å². The summed E-state index contributed by atoms with van der Waals surface area (Å²) in [7, 11) is 0. The molecule has 0 saturated heterocycles. The van der Waals surface area contributed by atoms with Crippen LogP contribution in [0.3, 0.4) is 0 Å². The standard InChI is InChI=1S/C15H16FN3/c1-9-8-17-10(2)15(18-9)19-14-7-13(14)11-3-5-12(16)6-4-11/h3-6,8,13-14H,7H2,1-2H3,(H,18,19)/t13-,14+/m0/s1. The van der Waals surface area contributed by atoms with Crippen molar-refractivity contribution < 1.29 is 4.39 Å². The molecule has 3 nitrogen and oxygen atoms in total. The second-order valence-corrected chi connectivity index (χ2v) is 5.09. The lowest BCUT2D eigenvalue weighted by Crippen LogP contribution is -2.09. The molecule has 1 aromatic carbocycles. The summed E-state index contributed by atoms with van der Waals surface area (Å²) in [6.45, 7) is 3.88. The van der Waals surface area contributed by atoms with E-state index in [0.29, 0.717) is 12.0 Å². The number of nitrogens with zero attached hydrogens (tertiary/aromatic N) is 2. The number of rotatable bonds is 3. The molecule has 0 unspecified atom stereocenters. The maximum absolute atomic E-state index is 12.9. The molecule has 1 heterocycles. The molecule has 19 heavy (non-hydrogen) atoms. The molecule has 1 aromatic heterocycles. The molecule has 0 radical (unpaired) electrons. The number of aromatic nitrogens is 2. The largest absolute Gasteiger partial charge is 0.365 e. The third-order valence-corrected chi connectivity index (χ3v) is 3.49. The monoisotopic (exact) mass is 257 g/mol. The predicted molar refractivity (Wildman–Crippen MR) is 72.7 cm³/mol. The Balaban J connectivity index is 1.70. The summed E-state index contributed by atoms with van der Waals surface area (Å²) in [5.41, 5.74) is 3.00. The minimum atomic E-state index is -0.186. The van der Waals surface area contributed by atoms with Gasteiger partial charge in [-0.2, -0.15) is 0 Å². The Morgan fingerprint density at radius 1 is 1.21 bits per heavy atom. The first-order valence-electron chi connectivity index (χ1n) is 6.46. The fraction of sp³-hybridized carbons (Fsp3) is 0.333. The predicted octanol–water partition coefficient (Wildman–Crippen LogP) is 3.20. The molecule has 1 N–H and O–H groups in total. The van der Waals surface area contributed by atoms with Gasteiger partial charge in [-0.3, -0.25) is 4.98 Å². The summed E-state index contributed by atoms with van der Waals surface area (Å²) in [6, 6.07) is 7.12. The van der Waals surface area contributed by atoms with Crippen LogP contribution in [0, 0.1) is 19.7 Å². The Kier molecular flexibility index (Phi) is 2.93. The second kappa shape index (κ2) is 4.61. The van der Waals surface area contributed by atoms with Crippen LogP contribution in [0.25, 0.3) is 0 Å². The molecular formula is C15H16FN3. The van der Waals surface area contributed by atoms with Crippen LogP contribution >= 0.6 is 0 Å². The van der Waals surface area contributed by atoms with Crippen molar-refractivity contribution in [2.45, 2.75) is 32.2 Å². The smallest absolute Gasteiger partial charge is 0.147 e. The van der Waals surface area contributed by atoms with Gasteiger partial charge in [-0.15, -0.1) is 0 Å². The lowest BCUT2D eigenvalue weighted by atomic mass is 10.1. The van der Waals surface area contributed by atoms with Crippen LogP contribution in [0.15, 0.2) is 30.5 Å². The van der Waals surface area contributed by atoms with E-state index in [4.69, 9.17) is 0 Å².